The highest BCUT2D eigenvalue weighted by Crippen LogP contribution is 2.22. The SMILES string of the molecule is Cc1cc(NC(=O)C2CCC(C)O2)ccc1S(N)(=O)=O. The van der Waals surface area contributed by atoms with Crippen molar-refractivity contribution in [2.75, 3.05) is 5.32 Å². The summed E-state index contributed by atoms with van der Waals surface area (Å²) >= 11 is 0. The topological polar surface area (TPSA) is 98.5 Å². The van der Waals surface area contributed by atoms with Crippen LogP contribution in [0.15, 0.2) is 23.1 Å². The largest absolute Gasteiger partial charge is 0.365 e. The van der Waals surface area contributed by atoms with Crippen molar-refractivity contribution in [3.63, 3.8) is 0 Å². The standard InChI is InChI=1S/C13H18N2O4S/c1-8-7-10(4-6-12(8)20(14,17)18)15-13(16)11-5-3-9(2)19-11/h4,6-7,9,11H,3,5H2,1-2H3,(H,15,16)(H2,14,17,18). The number of benzene rings is 1. The van der Waals surface area contributed by atoms with Gasteiger partial charge in [0.05, 0.1) is 11.0 Å². The fraction of sp³-hybridized carbons (Fsp3) is 0.462. The molecule has 0 saturated carbocycles. The van der Waals surface area contributed by atoms with Crippen LogP contribution in [0.25, 0.3) is 0 Å². The van der Waals surface area contributed by atoms with Crippen LogP contribution in [0, 0.1) is 6.92 Å². The van der Waals surface area contributed by atoms with E-state index in [0.29, 0.717) is 17.7 Å². The molecule has 1 aliphatic heterocycles. The van der Waals surface area contributed by atoms with E-state index in [2.05, 4.69) is 5.32 Å². The molecule has 0 radical (unpaired) electrons. The molecule has 0 bridgehead atoms. The minimum atomic E-state index is -3.74. The van der Waals surface area contributed by atoms with Gasteiger partial charge in [0.15, 0.2) is 0 Å². The number of anilines is 1. The van der Waals surface area contributed by atoms with Crippen molar-refractivity contribution in [1.29, 1.82) is 0 Å². The van der Waals surface area contributed by atoms with Gasteiger partial charge in [-0.2, -0.15) is 0 Å². The second-order valence-electron chi connectivity index (χ2n) is 5.03. The number of primary sulfonamides is 1. The molecule has 0 spiro atoms. The summed E-state index contributed by atoms with van der Waals surface area (Å²) in [7, 11) is -3.74. The first-order valence-electron chi connectivity index (χ1n) is 6.37. The Hall–Kier alpha value is -1.44. The second kappa shape index (κ2) is 5.51. The molecule has 0 aliphatic carbocycles. The number of aryl methyl sites for hydroxylation is 1. The van der Waals surface area contributed by atoms with Gasteiger partial charge in [-0.25, -0.2) is 13.6 Å². The second-order valence-corrected chi connectivity index (χ2v) is 6.56. The van der Waals surface area contributed by atoms with Crippen molar-refractivity contribution in [1.82, 2.24) is 0 Å². The van der Waals surface area contributed by atoms with Crippen LogP contribution in [0.4, 0.5) is 5.69 Å². The summed E-state index contributed by atoms with van der Waals surface area (Å²) in [5.41, 5.74) is 1.02. The van der Waals surface area contributed by atoms with Crippen LogP contribution in [0.2, 0.25) is 0 Å². The lowest BCUT2D eigenvalue weighted by molar-refractivity contribution is -0.126. The Kier molecular flexibility index (Phi) is 4.12. The molecule has 2 rings (SSSR count). The summed E-state index contributed by atoms with van der Waals surface area (Å²) < 4.78 is 28.1. The molecule has 3 N–H and O–H groups in total. The third-order valence-corrected chi connectivity index (χ3v) is 4.34. The smallest absolute Gasteiger partial charge is 0.253 e. The number of amides is 1. The van der Waals surface area contributed by atoms with E-state index in [1.807, 2.05) is 6.92 Å². The minimum Gasteiger partial charge on any atom is -0.365 e. The fourth-order valence-corrected chi connectivity index (χ4v) is 3.03. The third kappa shape index (κ3) is 3.36. The third-order valence-electron chi connectivity index (χ3n) is 3.27. The van der Waals surface area contributed by atoms with E-state index >= 15 is 0 Å². The van der Waals surface area contributed by atoms with Crippen LogP contribution in [-0.4, -0.2) is 26.5 Å². The number of nitrogens with one attached hydrogen (secondary N) is 1. The lowest BCUT2D eigenvalue weighted by Crippen LogP contribution is -2.27. The van der Waals surface area contributed by atoms with Gasteiger partial charge in [0.2, 0.25) is 10.0 Å². The molecule has 6 nitrogen and oxygen atoms in total. The van der Waals surface area contributed by atoms with E-state index in [9.17, 15) is 13.2 Å². The van der Waals surface area contributed by atoms with Crippen LogP contribution in [-0.2, 0) is 19.6 Å². The van der Waals surface area contributed by atoms with Gasteiger partial charge < -0.3 is 10.1 Å². The lowest BCUT2D eigenvalue weighted by atomic mass is 10.2. The van der Waals surface area contributed by atoms with Gasteiger partial charge in [0.1, 0.15) is 6.10 Å². The number of rotatable bonds is 3. The van der Waals surface area contributed by atoms with Crippen molar-refractivity contribution < 1.29 is 17.9 Å². The Morgan fingerprint density at radius 2 is 2.10 bits per heavy atom. The molecule has 1 aliphatic rings. The highest BCUT2D eigenvalue weighted by atomic mass is 32.2. The molecule has 0 aromatic heterocycles. The Morgan fingerprint density at radius 1 is 1.40 bits per heavy atom. The maximum atomic E-state index is 12.0. The van der Waals surface area contributed by atoms with Gasteiger partial charge in [0, 0.05) is 5.69 Å². The summed E-state index contributed by atoms with van der Waals surface area (Å²) in [5, 5.41) is 7.81. The first kappa shape index (κ1) is 15.0. The quantitative estimate of drug-likeness (QED) is 0.874. The molecule has 7 heteroatoms. The molecule has 1 aromatic carbocycles. The van der Waals surface area contributed by atoms with E-state index in [0.717, 1.165) is 6.42 Å². The fourth-order valence-electron chi connectivity index (χ4n) is 2.26. The summed E-state index contributed by atoms with van der Waals surface area (Å²) in [6, 6.07) is 4.48. The van der Waals surface area contributed by atoms with Crippen LogP contribution >= 0.6 is 0 Å². The number of ether oxygens (including phenoxy) is 1. The van der Waals surface area contributed by atoms with Crippen LogP contribution in [0.5, 0.6) is 0 Å². The zero-order valence-corrected chi connectivity index (χ0v) is 12.2. The summed E-state index contributed by atoms with van der Waals surface area (Å²) in [5.74, 6) is -0.211. The predicted octanol–water partition coefficient (Wildman–Crippen LogP) is 1.15. The van der Waals surface area contributed by atoms with E-state index in [-0.39, 0.29) is 16.9 Å². The van der Waals surface area contributed by atoms with E-state index < -0.39 is 16.1 Å². The number of carbonyl (C=O) groups is 1. The van der Waals surface area contributed by atoms with E-state index in [1.165, 1.54) is 12.1 Å². The highest BCUT2D eigenvalue weighted by Gasteiger charge is 2.28. The number of hydrogen-bond donors (Lipinski definition) is 2. The molecule has 2 unspecified atom stereocenters. The van der Waals surface area contributed by atoms with Crippen molar-refractivity contribution in [2.24, 2.45) is 5.14 Å². The summed E-state index contributed by atoms with van der Waals surface area (Å²) in [6.07, 6.45) is 1.21. The molecular formula is C13H18N2O4S. The number of carbonyl (C=O) groups excluding carboxylic acids is 1. The molecular weight excluding hydrogens is 280 g/mol. The maximum absolute atomic E-state index is 12.0. The first-order valence-corrected chi connectivity index (χ1v) is 7.92. The monoisotopic (exact) mass is 298 g/mol. The number of hydrogen-bond acceptors (Lipinski definition) is 4. The van der Waals surface area contributed by atoms with Gasteiger partial charge in [0.25, 0.3) is 5.91 Å². The van der Waals surface area contributed by atoms with Gasteiger partial charge in [-0.1, -0.05) is 0 Å². The van der Waals surface area contributed by atoms with Gasteiger partial charge >= 0.3 is 0 Å². The normalized spacial score (nSPS) is 22.8. The Labute approximate surface area is 118 Å². The van der Waals surface area contributed by atoms with Crippen molar-refractivity contribution in [3.8, 4) is 0 Å². The first-order chi connectivity index (χ1) is 9.27. The molecule has 20 heavy (non-hydrogen) atoms. The Balaban J connectivity index is 2.11. The molecule has 1 heterocycles. The molecule has 1 amide bonds. The minimum absolute atomic E-state index is 0.0567. The van der Waals surface area contributed by atoms with Gasteiger partial charge in [-0.3, -0.25) is 4.79 Å². The predicted molar refractivity (Wildman–Crippen MR) is 74.8 cm³/mol. The van der Waals surface area contributed by atoms with Crippen LogP contribution in [0.1, 0.15) is 25.3 Å². The lowest BCUT2D eigenvalue weighted by Gasteiger charge is -2.13. The van der Waals surface area contributed by atoms with Crippen molar-refractivity contribution in [3.05, 3.63) is 23.8 Å². The van der Waals surface area contributed by atoms with E-state index in [4.69, 9.17) is 9.88 Å². The molecule has 1 saturated heterocycles. The van der Waals surface area contributed by atoms with Gasteiger partial charge in [-0.15, -0.1) is 0 Å². The highest BCUT2D eigenvalue weighted by molar-refractivity contribution is 7.89. The Morgan fingerprint density at radius 3 is 2.60 bits per heavy atom. The molecule has 1 fully saturated rings. The van der Waals surface area contributed by atoms with Crippen molar-refractivity contribution in [2.45, 2.75) is 43.8 Å². The van der Waals surface area contributed by atoms with Crippen molar-refractivity contribution >= 4 is 21.6 Å². The number of nitrogens with two attached hydrogens (primary N) is 1. The molecule has 110 valence electrons. The zero-order chi connectivity index (χ0) is 14.9. The summed E-state index contributed by atoms with van der Waals surface area (Å²) in [4.78, 5) is 12.0. The molecule has 1 aromatic rings. The zero-order valence-electron chi connectivity index (χ0n) is 11.4. The Bertz CT molecular complexity index is 627. The van der Waals surface area contributed by atoms with Gasteiger partial charge in [-0.05, 0) is 50.5 Å². The average molecular weight is 298 g/mol. The van der Waals surface area contributed by atoms with Crippen LogP contribution < -0.4 is 10.5 Å². The number of sulfonamides is 1. The average Bonchev–Trinajstić information content (AvgIpc) is 2.74. The summed E-state index contributed by atoms with van der Waals surface area (Å²) in [6.45, 7) is 3.56. The maximum Gasteiger partial charge on any atom is 0.253 e. The van der Waals surface area contributed by atoms with E-state index in [1.54, 1.807) is 13.0 Å². The molecule has 2 atom stereocenters. The van der Waals surface area contributed by atoms with Crippen LogP contribution in [0.3, 0.4) is 0 Å².